The Hall–Kier alpha value is -1.39. The number of likely N-dealkylation sites (N-methyl/N-ethyl adjacent to an activating group) is 1. The molecule has 2 atom stereocenters. The number of carbonyl (C=O) groups excluding carboxylic acids is 1. The van der Waals surface area contributed by atoms with Gasteiger partial charge in [-0.3, -0.25) is 4.79 Å². The van der Waals surface area contributed by atoms with Crippen LogP contribution in [0.1, 0.15) is 98.0 Å². The fourth-order valence-corrected chi connectivity index (χ4v) is 5.73. The lowest BCUT2D eigenvalue weighted by Crippen LogP contribution is -2.47. The fourth-order valence-electron chi connectivity index (χ4n) is 5.73. The maximum atomic E-state index is 12.8. The van der Waals surface area contributed by atoms with Crippen molar-refractivity contribution in [3.05, 3.63) is 35.4 Å². The molecule has 0 saturated carbocycles. The predicted octanol–water partition coefficient (Wildman–Crippen LogP) is 5.59. The number of hydrogen-bond donors (Lipinski definition) is 1. The molecule has 182 valence electrons. The van der Waals surface area contributed by atoms with Crippen LogP contribution in [0.25, 0.3) is 0 Å². The van der Waals surface area contributed by atoms with E-state index >= 15 is 0 Å². The molecule has 1 aromatic carbocycles. The van der Waals surface area contributed by atoms with Crippen molar-refractivity contribution in [3.63, 3.8) is 0 Å². The molecule has 1 aliphatic heterocycles. The number of carbonyl (C=O) groups is 1. The van der Waals surface area contributed by atoms with Crippen molar-refractivity contribution in [1.82, 2.24) is 9.80 Å². The quantitative estimate of drug-likeness (QED) is 0.568. The van der Waals surface area contributed by atoms with E-state index < -0.39 is 6.10 Å². The summed E-state index contributed by atoms with van der Waals surface area (Å²) in [5, 5.41) is 10.3. The van der Waals surface area contributed by atoms with Gasteiger partial charge in [-0.1, -0.05) is 58.4 Å². The van der Waals surface area contributed by atoms with Gasteiger partial charge in [0, 0.05) is 20.4 Å². The number of hydrogen-bond acceptors (Lipinski definition) is 3. The van der Waals surface area contributed by atoms with Crippen LogP contribution in [0.5, 0.6) is 0 Å². The Labute approximate surface area is 197 Å². The molecule has 1 aliphatic carbocycles. The summed E-state index contributed by atoms with van der Waals surface area (Å²) in [7, 11) is 0. The zero-order valence-electron chi connectivity index (χ0n) is 21.2. The highest BCUT2D eigenvalue weighted by molar-refractivity contribution is 5.80. The van der Waals surface area contributed by atoms with E-state index in [1.54, 1.807) is 0 Å². The van der Waals surface area contributed by atoms with Crippen molar-refractivity contribution < 1.29 is 11.3 Å². The Morgan fingerprint density at radius 1 is 1.22 bits per heavy atom. The first-order chi connectivity index (χ1) is 15.2. The van der Waals surface area contributed by atoms with E-state index in [0.717, 1.165) is 19.4 Å². The molecular weight excluding hydrogens is 396 g/mol. The number of amides is 1. The van der Waals surface area contributed by atoms with Crippen LogP contribution in [0.2, 0.25) is 0 Å². The highest BCUT2D eigenvalue weighted by Crippen LogP contribution is 2.48. The summed E-state index contributed by atoms with van der Waals surface area (Å²) in [5.74, 6) is 0.271. The largest absolute Gasteiger partial charge is 0.383 e. The first kappa shape index (κ1) is 25.2. The zero-order valence-corrected chi connectivity index (χ0v) is 21.2. The second-order valence-electron chi connectivity index (χ2n) is 11.4. The number of likely N-dealkylation sites (tertiary alicyclic amines) is 1. The minimum atomic E-state index is -0.859. The number of fused-ring (bicyclic) bond motifs is 2. The van der Waals surface area contributed by atoms with Crippen molar-refractivity contribution >= 4 is 5.91 Å². The third-order valence-corrected chi connectivity index (χ3v) is 7.92. The van der Waals surface area contributed by atoms with E-state index in [0.29, 0.717) is 29.7 Å². The van der Waals surface area contributed by atoms with Gasteiger partial charge in [0.05, 0.1) is 0 Å². The highest BCUT2D eigenvalue weighted by Gasteiger charge is 2.42. The van der Waals surface area contributed by atoms with Gasteiger partial charge in [-0.05, 0) is 87.0 Å². The molecule has 2 unspecified atom stereocenters. The summed E-state index contributed by atoms with van der Waals surface area (Å²) in [6.45, 7) is 16.0. The molecule has 1 spiro atoms. The molecule has 1 N–H and O–H groups in total. The second kappa shape index (κ2) is 10.7. The molecule has 0 aromatic heterocycles. The maximum Gasteiger partial charge on any atom is 0.251 e. The topological polar surface area (TPSA) is 43.8 Å². The van der Waals surface area contributed by atoms with E-state index in [1.165, 1.54) is 56.4 Å². The molecule has 1 fully saturated rings. The van der Waals surface area contributed by atoms with Crippen molar-refractivity contribution in [1.29, 1.82) is 0 Å². The van der Waals surface area contributed by atoms with Crippen LogP contribution >= 0.6 is 0 Å². The van der Waals surface area contributed by atoms with Gasteiger partial charge in [-0.25, -0.2) is 0 Å². The summed E-state index contributed by atoms with van der Waals surface area (Å²) in [6.07, 6.45) is 6.60. The number of rotatable bonds is 8. The van der Waals surface area contributed by atoms with Crippen molar-refractivity contribution in [2.45, 2.75) is 97.0 Å². The van der Waals surface area contributed by atoms with Gasteiger partial charge in [0.2, 0.25) is 0 Å². The average molecular weight is 445 g/mol. The summed E-state index contributed by atoms with van der Waals surface area (Å²) in [5.41, 5.74) is 3.67. The number of piperidine rings is 1. The van der Waals surface area contributed by atoms with Crippen LogP contribution in [0.3, 0.4) is 0 Å². The minimum absolute atomic E-state index is 0. The van der Waals surface area contributed by atoms with Crippen molar-refractivity contribution in [2.24, 2.45) is 5.41 Å². The normalized spacial score (nSPS) is 21.9. The smallest absolute Gasteiger partial charge is 0.251 e. The number of benzene rings is 1. The van der Waals surface area contributed by atoms with E-state index in [2.05, 4.69) is 49.9 Å². The molecule has 4 heteroatoms. The molecule has 1 amide bonds. The molecule has 2 aliphatic rings. The first-order valence-corrected chi connectivity index (χ1v) is 13.0. The minimum Gasteiger partial charge on any atom is -0.383 e. The Morgan fingerprint density at radius 3 is 2.53 bits per heavy atom. The predicted molar refractivity (Wildman–Crippen MR) is 135 cm³/mol. The van der Waals surface area contributed by atoms with Crippen LogP contribution in [-0.2, 0) is 10.2 Å². The molecular formula is C28H48N2O2. The first-order valence-electron chi connectivity index (χ1n) is 13.0. The van der Waals surface area contributed by atoms with Crippen LogP contribution < -0.4 is 0 Å². The van der Waals surface area contributed by atoms with Gasteiger partial charge >= 0.3 is 0 Å². The zero-order chi connectivity index (χ0) is 23.4. The molecule has 0 bridgehead atoms. The lowest BCUT2D eigenvalue weighted by molar-refractivity contribution is -0.140. The molecule has 32 heavy (non-hydrogen) atoms. The third kappa shape index (κ3) is 5.94. The Balaban J connectivity index is 0.00000385. The maximum absolute atomic E-state index is 12.8. The number of aliphatic hydroxyl groups excluding tert-OH is 1. The molecule has 1 heterocycles. The fraction of sp³-hybridized carbons (Fsp3) is 0.750. The Kier molecular flexibility index (Phi) is 8.43. The standard InChI is InChI=1S/C28H46N2O2.H2/c1-6-10-25(31)26(32)30(7-2)21-22-13-14-28(24-12-9-8-11-23(22)24)16-19-29(20-17-28)18-15-27(3,4)5;/h8-9,11-12,22,25,31H,6-7,10,13-21H2,1-5H3;1H. The van der Waals surface area contributed by atoms with Crippen molar-refractivity contribution in [2.75, 3.05) is 32.7 Å². The third-order valence-electron chi connectivity index (χ3n) is 7.92. The monoisotopic (exact) mass is 444 g/mol. The Bertz CT molecular complexity index is 753. The molecule has 3 rings (SSSR count). The van der Waals surface area contributed by atoms with Gasteiger partial charge in [-0.2, -0.15) is 0 Å². The summed E-state index contributed by atoms with van der Waals surface area (Å²) in [4.78, 5) is 17.3. The molecule has 0 radical (unpaired) electrons. The Morgan fingerprint density at radius 2 is 1.91 bits per heavy atom. The second-order valence-corrected chi connectivity index (χ2v) is 11.4. The summed E-state index contributed by atoms with van der Waals surface area (Å²) < 4.78 is 0. The molecule has 1 saturated heterocycles. The highest BCUT2D eigenvalue weighted by atomic mass is 16.3. The van der Waals surface area contributed by atoms with Crippen LogP contribution in [0, 0.1) is 5.41 Å². The summed E-state index contributed by atoms with van der Waals surface area (Å²) in [6, 6.07) is 9.01. The van der Waals surface area contributed by atoms with E-state index in [1.807, 2.05) is 18.7 Å². The van der Waals surface area contributed by atoms with Gasteiger partial charge in [0.25, 0.3) is 5.91 Å². The van der Waals surface area contributed by atoms with Crippen molar-refractivity contribution in [3.8, 4) is 0 Å². The van der Waals surface area contributed by atoms with E-state index in [4.69, 9.17) is 0 Å². The average Bonchev–Trinajstić information content (AvgIpc) is 2.78. The van der Waals surface area contributed by atoms with Gasteiger partial charge in [-0.15, -0.1) is 0 Å². The lowest BCUT2D eigenvalue weighted by Gasteiger charge is -2.48. The van der Waals surface area contributed by atoms with E-state index in [-0.39, 0.29) is 7.33 Å². The number of aliphatic hydroxyl groups is 1. The molecule has 4 nitrogen and oxygen atoms in total. The van der Waals surface area contributed by atoms with Gasteiger partial charge < -0.3 is 14.9 Å². The van der Waals surface area contributed by atoms with Gasteiger partial charge in [0.15, 0.2) is 0 Å². The number of nitrogens with zero attached hydrogens (tertiary/aromatic N) is 2. The van der Waals surface area contributed by atoms with Crippen LogP contribution in [0.15, 0.2) is 24.3 Å². The summed E-state index contributed by atoms with van der Waals surface area (Å²) >= 11 is 0. The van der Waals surface area contributed by atoms with Crippen LogP contribution in [-0.4, -0.2) is 59.6 Å². The van der Waals surface area contributed by atoms with Gasteiger partial charge in [0.1, 0.15) is 6.10 Å². The SMILES string of the molecule is CCCC(O)C(=O)N(CC)CC1CCC2(CCN(CCC(C)(C)C)CC2)c2ccccc21.[HH]. The molecule has 1 aromatic rings. The lowest BCUT2D eigenvalue weighted by atomic mass is 9.62. The van der Waals surface area contributed by atoms with Crippen LogP contribution in [0.4, 0.5) is 0 Å². The van der Waals surface area contributed by atoms with E-state index in [9.17, 15) is 9.90 Å².